The van der Waals surface area contributed by atoms with Gasteiger partial charge in [0.1, 0.15) is 0 Å². The third-order valence-corrected chi connectivity index (χ3v) is 2.48. The van der Waals surface area contributed by atoms with Gasteiger partial charge in [-0.1, -0.05) is 0 Å². The molecule has 17 heavy (non-hydrogen) atoms. The lowest BCUT2D eigenvalue weighted by atomic mass is 10.2. The summed E-state index contributed by atoms with van der Waals surface area (Å²) < 4.78 is 0. The summed E-state index contributed by atoms with van der Waals surface area (Å²) >= 11 is 0. The molecule has 0 fully saturated rings. The van der Waals surface area contributed by atoms with E-state index in [1.807, 2.05) is 0 Å². The molecule has 0 amide bonds. The average Bonchev–Trinajstić information content (AvgIpc) is 2.34. The highest BCUT2D eigenvalue weighted by molar-refractivity contribution is 5.56. The summed E-state index contributed by atoms with van der Waals surface area (Å²) in [6, 6.07) is 3.01. The predicted octanol–water partition coefficient (Wildman–Crippen LogP) is 1.59. The van der Waals surface area contributed by atoms with E-state index in [2.05, 4.69) is 4.98 Å². The van der Waals surface area contributed by atoms with E-state index < -0.39 is 4.92 Å². The minimum Gasteiger partial charge on any atom is -0.396 e. The van der Waals surface area contributed by atoms with Crippen molar-refractivity contribution in [1.82, 2.24) is 4.98 Å². The molecule has 0 spiro atoms. The highest BCUT2D eigenvalue weighted by Gasteiger charge is 2.17. The monoisotopic (exact) mass is 239 g/mol. The third kappa shape index (κ3) is 3.99. The fourth-order valence-corrected chi connectivity index (χ4v) is 1.57. The largest absolute Gasteiger partial charge is 0.396 e. The molecule has 0 aliphatic carbocycles. The minimum absolute atomic E-state index is 0.0251. The number of aliphatic hydroxyl groups is 1. The molecule has 0 saturated carbocycles. The smallest absolute Gasteiger partial charge is 0.311 e. The first-order valence-electron chi connectivity index (χ1n) is 5.58. The van der Waals surface area contributed by atoms with Crippen LogP contribution in [-0.2, 0) is 0 Å². The maximum atomic E-state index is 10.8. The molecule has 0 saturated heterocycles. The lowest BCUT2D eigenvalue weighted by Crippen LogP contribution is -2.20. The van der Waals surface area contributed by atoms with Crippen molar-refractivity contribution in [3.05, 3.63) is 28.4 Å². The third-order valence-electron chi connectivity index (χ3n) is 2.48. The quantitative estimate of drug-likeness (QED) is 0.444. The summed E-state index contributed by atoms with van der Waals surface area (Å²) in [5.74, 6) is 0.390. The maximum absolute atomic E-state index is 10.8. The molecule has 1 aromatic heterocycles. The van der Waals surface area contributed by atoms with Gasteiger partial charge < -0.3 is 10.0 Å². The number of hydrogen-bond acceptors (Lipinski definition) is 5. The van der Waals surface area contributed by atoms with Crippen LogP contribution in [0.15, 0.2) is 18.3 Å². The topological polar surface area (TPSA) is 79.5 Å². The van der Waals surface area contributed by atoms with Crippen molar-refractivity contribution in [2.75, 3.05) is 25.1 Å². The number of unbranched alkanes of at least 4 members (excludes halogenated alkanes) is 2. The van der Waals surface area contributed by atoms with Crippen molar-refractivity contribution in [1.29, 1.82) is 0 Å². The summed E-state index contributed by atoms with van der Waals surface area (Å²) in [7, 11) is 1.79. The molecule has 0 radical (unpaired) electrons. The SMILES string of the molecule is CN(CCCCCO)c1ncccc1[N+](=O)[O-]. The van der Waals surface area contributed by atoms with Crippen LogP contribution in [0.1, 0.15) is 19.3 Å². The van der Waals surface area contributed by atoms with Crippen molar-refractivity contribution in [2.24, 2.45) is 0 Å². The average molecular weight is 239 g/mol. The first-order chi connectivity index (χ1) is 8.16. The van der Waals surface area contributed by atoms with Gasteiger partial charge in [0, 0.05) is 32.5 Å². The number of aliphatic hydroxyl groups excluding tert-OH is 1. The zero-order valence-corrected chi connectivity index (χ0v) is 9.87. The predicted molar refractivity (Wildman–Crippen MR) is 65.1 cm³/mol. The first kappa shape index (κ1) is 13.4. The zero-order valence-electron chi connectivity index (χ0n) is 9.87. The highest BCUT2D eigenvalue weighted by atomic mass is 16.6. The Bertz CT molecular complexity index is 371. The number of anilines is 1. The number of pyridine rings is 1. The number of rotatable bonds is 7. The number of aromatic nitrogens is 1. The Morgan fingerprint density at radius 1 is 1.47 bits per heavy atom. The molecular formula is C11H17N3O3. The van der Waals surface area contributed by atoms with Gasteiger partial charge in [0.15, 0.2) is 0 Å². The second kappa shape index (κ2) is 6.80. The summed E-state index contributed by atoms with van der Waals surface area (Å²) in [4.78, 5) is 16.2. The second-order valence-electron chi connectivity index (χ2n) is 3.81. The molecule has 94 valence electrons. The van der Waals surface area contributed by atoms with Crippen LogP contribution in [-0.4, -0.2) is 35.2 Å². The maximum Gasteiger partial charge on any atom is 0.311 e. The Hall–Kier alpha value is -1.69. The van der Waals surface area contributed by atoms with Crippen molar-refractivity contribution in [3.8, 4) is 0 Å². The van der Waals surface area contributed by atoms with Gasteiger partial charge in [-0.2, -0.15) is 0 Å². The van der Waals surface area contributed by atoms with E-state index in [4.69, 9.17) is 5.11 Å². The van der Waals surface area contributed by atoms with E-state index in [1.165, 1.54) is 6.07 Å². The van der Waals surface area contributed by atoms with E-state index in [-0.39, 0.29) is 12.3 Å². The molecule has 1 aromatic rings. The van der Waals surface area contributed by atoms with Crippen LogP contribution in [0.4, 0.5) is 11.5 Å². The fourth-order valence-electron chi connectivity index (χ4n) is 1.57. The van der Waals surface area contributed by atoms with Crippen molar-refractivity contribution in [2.45, 2.75) is 19.3 Å². The van der Waals surface area contributed by atoms with Gasteiger partial charge in [-0.25, -0.2) is 4.98 Å². The van der Waals surface area contributed by atoms with Gasteiger partial charge in [0.25, 0.3) is 0 Å². The molecule has 6 nitrogen and oxygen atoms in total. The Morgan fingerprint density at radius 3 is 2.88 bits per heavy atom. The van der Waals surface area contributed by atoms with Gasteiger partial charge in [0.05, 0.1) is 4.92 Å². The molecule has 0 aromatic carbocycles. The lowest BCUT2D eigenvalue weighted by Gasteiger charge is -2.17. The molecule has 6 heteroatoms. The Labute approximate surface area is 100 Å². The highest BCUT2D eigenvalue weighted by Crippen LogP contribution is 2.23. The van der Waals surface area contributed by atoms with Crippen LogP contribution in [0.25, 0.3) is 0 Å². The normalized spacial score (nSPS) is 10.2. The van der Waals surface area contributed by atoms with Gasteiger partial charge in [-0.05, 0) is 25.3 Å². The molecule has 0 atom stereocenters. The van der Waals surface area contributed by atoms with Gasteiger partial charge >= 0.3 is 5.69 Å². The second-order valence-corrected chi connectivity index (χ2v) is 3.81. The van der Waals surface area contributed by atoms with Crippen molar-refractivity contribution >= 4 is 11.5 Å². The first-order valence-corrected chi connectivity index (χ1v) is 5.58. The molecule has 1 rings (SSSR count). The van der Waals surface area contributed by atoms with Gasteiger partial charge in [-0.15, -0.1) is 0 Å². The van der Waals surface area contributed by atoms with Crippen LogP contribution in [0.5, 0.6) is 0 Å². The molecular weight excluding hydrogens is 222 g/mol. The van der Waals surface area contributed by atoms with Crippen LogP contribution < -0.4 is 4.90 Å². The fraction of sp³-hybridized carbons (Fsp3) is 0.545. The summed E-state index contributed by atoms with van der Waals surface area (Å²) in [5.41, 5.74) is 0.0251. The molecule has 1 heterocycles. The summed E-state index contributed by atoms with van der Waals surface area (Å²) in [5, 5.41) is 19.5. The van der Waals surface area contributed by atoms with Crippen LogP contribution in [0.3, 0.4) is 0 Å². The standard InChI is InChI=1S/C11H17N3O3/c1-13(8-3-2-4-9-15)11-10(14(16)17)6-5-7-12-11/h5-7,15H,2-4,8-9H2,1H3. The van der Waals surface area contributed by atoms with E-state index in [0.717, 1.165) is 19.3 Å². The van der Waals surface area contributed by atoms with E-state index >= 15 is 0 Å². The van der Waals surface area contributed by atoms with Gasteiger partial charge in [-0.3, -0.25) is 10.1 Å². The van der Waals surface area contributed by atoms with E-state index in [9.17, 15) is 10.1 Å². The lowest BCUT2D eigenvalue weighted by molar-refractivity contribution is -0.384. The summed E-state index contributed by atoms with van der Waals surface area (Å²) in [6.07, 6.45) is 4.09. The van der Waals surface area contributed by atoms with Crippen LogP contribution >= 0.6 is 0 Å². The van der Waals surface area contributed by atoms with Crippen molar-refractivity contribution in [3.63, 3.8) is 0 Å². The number of nitro groups is 1. The molecule has 0 unspecified atom stereocenters. The van der Waals surface area contributed by atoms with Crippen molar-refractivity contribution < 1.29 is 10.0 Å². The minimum atomic E-state index is -0.424. The molecule has 0 aliphatic rings. The molecule has 0 bridgehead atoms. The zero-order chi connectivity index (χ0) is 12.7. The van der Waals surface area contributed by atoms with Gasteiger partial charge in [0.2, 0.25) is 5.82 Å². The van der Waals surface area contributed by atoms with Crippen LogP contribution in [0, 0.1) is 10.1 Å². The van der Waals surface area contributed by atoms with E-state index in [0.29, 0.717) is 12.4 Å². The summed E-state index contributed by atoms with van der Waals surface area (Å²) in [6.45, 7) is 0.880. The molecule has 1 N–H and O–H groups in total. The Kier molecular flexibility index (Phi) is 5.35. The molecule has 0 aliphatic heterocycles. The number of hydrogen-bond donors (Lipinski definition) is 1. The van der Waals surface area contributed by atoms with E-state index in [1.54, 1.807) is 24.2 Å². The Morgan fingerprint density at radius 2 is 2.24 bits per heavy atom. The Balaban J connectivity index is 2.62. The number of nitrogens with zero attached hydrogens (tertiary/aromatic N) is 3. The van der Waals surface area contributed by atoms with Crippen LogP contribution in [0.2, 0.25) is 0 Å².